The molecule has 0 aliphatic rings. The van der Waals surface area contributed by atoms with Crippen molar-refractivity contribution >= 4 is 22.1 Å². The fourth-order valence-corrected chi connectivity index (χ4v) is 2.42. The summed E-state index contributed by atoms with van der Waals surface area (Å²) in [6.07, 6.45) is -15.6. The predicted octanol–water partition coefficient (Wildman–Crippen LogP) is 2.18. The lowest BCUT2D eigenvalue weighted by molar-refractivity contribution is -0.361. The largest absolute Gasteiger partial charge is 0.459 e. The maximum absolute atomic E-state index is 12.9. The molecule has 0 amide bonds. The molecular formula is C12H14F6O7S. The summed E-state index contributed by atoms with van der Waals surface area (Å²) >= 11 is 0. The molecule has 0 aromatic carbocycles. The van der Waals surface area contributed by atoms with Gasteiger partial charge in [-0.1, -0.05) is 6.58 Å². The molecule has 0 radical (unpaired) electrons. The van der Waals surface area contributed by atoms with Gasteiger partial charge in [0.1, 0.15) is 11.9 Å². The normalized spacial score (nSPS) is 14.5. The maximum Gasteiger partial charge on any atom is 0.438 e. The first kappa shape index (κ1) is 24.2. The number of halogens is 6. The van der Waals surface area contributed by atoms with Crippen LogP contribution in [-0.4, -0.2) is 54.7 Å². The second-order valence-electron chi connectivity index (χ2n) is 5.22. The molecule has 0 aromatic rings. The molecule has 0 bridgehead atoms. The number of carbonyl (C=O) groups is 2. The second kappa shape index (κ2) is 7.82. The first-order valence-electron chi connectivity index (χ1n) is 6.49. The van der Waals surface area contributed by atoms with Crippen LogP contribution in [0.5, 0.6) is 0 Å². The SMILES string of the molecule is C=C(C)C(=O)OC(C)CC(=O)OC(CS(=O)(=O)O)(C(F)(F)F)C(F)(F)F. The highest BCUT2D eigenvalue weighted by molar-refractivity contribution is 7.85. The zero-order valence-corrected chi connectivity index (χ0v) is 14.1. The highest BCUT2D eigenvalue weighted by Gasteiger charge is 2.75. The topological polar surface area (TPSA) is 107 Å². The molecule has 0 heterocycles. The molecule has 0 fully saturated rings. The molecule has 14 heteroatoms. The van der Waals surface area contributed by atoms with E-state index in [4.69, 9.17) is 4.55 Å². The van der Waals surface area contributed by atoms with Crippen molar-refractivity contribution in [2.24, 2.45) is 0 Å². The fourth-order valence-electron chi connectivity index (χ4n) is 1.52. The van der Waals surface area contributed by atoms with Gasteiger partial charge in [0.15, 0.2) is 0 Å². The molecule has 0 aromatic heterocycles. The lowest BCUT2D eigenvalue weighted by atomic mass is 10.1. The quantitative estimate of drug-likeness (QED) is 0.293. The van der Waals surface area contributed by atoms with Crippen molar-refractivity contribution in [3.05, 3.63) is 12.2 Å². The number of hydrogen-bond donors (Lipinski definition) is 1. The highest BCUT2D eigenvalue weighted by atomic mass is 32.2. The summed E-state index contributed by atoms with van der Waals surface area (Å²) in [5.74, 6) is -6.22. The van der Waals surface area contributed by atoms with Crippen LogP contribution in [0.25, 0.3) is 0 Å². The van der Waals surface area contributed by atoms with Gasteiger partial charge in [-0.15, -0.1) is 0 Å². The second-order valence-corrected chi connectivity index (χ2v) is 6.68. The Labute approximate surface area is 143 Å². The van der Waals surface area contributed by atoms with E-state index in [-0.39, 0.29) is 5.57 Å². The maximum atomic E-state index is 12.9. The Morgan fingerprint density at radius 3 is 1.85 bits per heavy atom. The molecule has 0 aliphatic heterocycles. The smallest absolute Gasteiger partial charge is 0.438 e. The zero-order chi connectivity index (χ0) is 21.1. The molecule has 0 saturated heterocycles. The Morgan fingerprint density at radius 1 is 1.12 bits per heavy atom. The number of alkyl halides is 6. The molecule has 1 N–H and O–H groups in total. The van der Waals surface area contributed by atoms with Crippen molar-refractivity contribution in [2.75, 3.05) is 5.75 Å². The van der Waals surface area contributed by atoms with E-state index in [1.165, 1.54) is 6.92 Å². The minimum atomic E-state index is -6.42. The van der Waals surface area contributed by atoms with Crippen molar-refractivity contribution in [3.63, 3.8) is 0 Å². The molecule has 1 atom stereocenters. The molecule has 7 nitrogen and oxygen atoms in total. The molecule has 0 spiro atoms. The van der Waals surface area contributed by atoms with Crippen LogP contribution >= 0.6 is 0 Å². The van der Waals surface area contributed by atoms with Gasteiger partial charge < -0.3 is 9.47 Å². The highest BCUT2D eigenvalue weighted by Crippen LogP contribution is 2.47. The Balaban J connectivity index is 5.65. The van der Waals surface area contributed by atoms with Crippen LogP contribution in [0.2, 0.25) is 0 Å². The van der Waals surface area contributed by atoms with Crippen molar-refractivity contribution in [1.29, 1.82) is 0 Å². The van der Waals surface area contributed by atoms with Gasteiger partial charge in [0, 0.05) is 5.57 Å². The van der Waals surface area contributed by atoms with Gasteiger partial charge in [-0.05, 0) is 13.8 Å². The zero-order valence-electron chi connectivity index (χ0n) is 13.3. The average Bonchev–Trinajstić information content (AvgIpc) is 2.32. The fraction of sp³-hybridized carbons (Fsp3) is 0.667. The summed E-state index contributed by atoms with van der Waals surface area (Å²) in [6.45, 7) is 5.33. The third-order valence-electron chi connectivity index (χ3n) is 2.70. The standard InChI is InChI=1S/C12H14F6O7S/c1-6(2)9(20)24-7(3)4-8(19)25-10(11(13,14)15,12(16,17)18)5-26(21,22)23/h7H,1,4-5H2,2-3H3,(H,21,22,23). The van der Waals surface area contributed by atoms with E-state index in [1.54, 1.807) is 0 Å². The summed E-state index contributed by atoms with van der Waals surface area (Å²) in [6, 6.07) is 0. The van der Waals surface area contributed by atoms with Crippen LogP contribution in [0, 0.1) is 0 Å². The Kier molecular flexibility index (Phi) is 7.27. The van der Waals surface area contributed by atoms with Crippen molar-refractivity contribution in [1.82, 2.24) is 0 Å². The van der Waals surface area contributed by atoms with Gasteiger partial charge in [0.05, 0.1) is 6.42 Å². The molecule has 26 heavy (non-hydrogen) atoms. The van der Waals surface area contributed by atoms with Gasteiger partial charge >= 0.3 is 29.9 Å². The van der Waals surface area contributed by atoms with E-state index in [1.807, 2.05) is 0 Å². The third-order valence-corrected chi connectivity index (χ3v) is 3.47. The molecule has 152 valence electrons. The van der Waals surface area contributed by atoms with E-state index in [0.29, 0.717) is 0 Å². The van der Waals surface area contributed by atoms with Crippen molar-refractivity contribution < 1.29 is 58.4 Å². The van der Waals surface area contributed by atoms with E-state index in [0.717, 1.165) is 6.92 Å². The first-order chi connectivity index (χ1) is 11.3. The minimum absolute atomic E-state index is 0.156. The monoisotopic (exact) mass is 416 g/mol. The number of ether oxygens (including phenoxy) is 2. The van der Waals surface area contributed by atoms with E-state index < -0.39 is 58.3 Å². The average molecular weight is 416 g/mol. The van der Waals surface area contributed by atoms with Gasteiger partial charge in [-0.2, -0.15) is 34.8 Å². The van der Waals surface area contributed by atoms with E-state index in [9.17, 15) is 44.3 Å². The summed E-state index contributed by atoms with van der Waals surface area (Å²) < 4.78 is 115. The Hall–Kier alpha value is -1.83. The van der Waals surface area contributed by atoms with Gasteiger partial charge in [0.25, 0.3) is 10.1 Å². The third kappa shape index (κ3) is 6.48. The van der Waals surface area contributed by atoms with E-state index >= 15 is 0 Å². The van der Waals surface area contributed by atoms with Gasteiger partial charge in [0.2, 0.25) is 0 Å². The first-order valence-corrected chi connectivity index (χ1v) is 8.10. The van der Waals surface area contributed by atoms with Gasteiger partial charge in [-0.25, -0.2) is 4.79 Å². The van der Waals surface area contributed by atoms with Crippen molar-refractivity contribution in [2.45, 2.75) is 44.3 Å². The van der Waals surface area contributed by atoms with Crippen LogP contribution < -0.4 is 0 Å². The molecule has 0 saturated carbocycles. The molecule has 0 aliphatic carbocycles. The molecule has 1 unspecified atom stereocenters. The van der Waals surface area contributed by atoms with Crippen LogP contribution in [0.3, 0.4) is 0 Å². The van der Waals surface area contributed by atoms with Crippen LogP contribution in [0.4, 0.5) is 26.3 Å². The summed E-state index contributed by atoms with van der Waals surface area (Å²) in [7, 11) is -5.87. The number of rotatable bonds is 7. The Bertz CT molecular complexity index is 651. The number of carbonyl (C=O) groups excluding carboxylic acids is 2. The number of esters is 2. The van der Waals surface area contributed by atoms with Crippen molar-refractivity contribution in [3.8, 4) is 0 Å². The van der Waals surface area contributed by atoms with Gasteiger partial charge in [-0.3, -0.25) is 9.35 Å². The lowest BCUT2D eigenvalue weighted by Gasteiger charge is -2.35. The van der Waals surface area contributed by atoms with Crippen LogP contribution in [0.1, 0.15) is 20.3 Å². The Morgan fingerprint density at radius 2 is 1.54 bits per heavy atom. The lowest BCUT2D eigenvalue weighted by Crippen LogP contribution is -2.63. The van der Waals surface area contributed by atoms with Crippen LogP contribution in [0.15, 0.2) is 12.2 Å². The molecule has 0 rings (SSSR count). The molecular weight excluding hydrogens is 402 g/mol. The number of hydrogen-bond acceptors (Lipinski definition) is 6. The summed E-state index contributed by atoms with van der Waals surface area (Å²) in [5, 5.41) is 0. The summed E-state index contributed by atoms with van der Waals surface area (Å²) in [4.78, 5) is 22.7. The minimum Gasteiger partial charge on any atom is -0.459 e. The van der Waals surface area contributed by atoms with E-state index in [2.05, 4.69) is 16.1 Å². The summed E-state index contributed by atoms with van der Waals surface area (Å²) in [5.41, 5.74) is -5.65. The predicted molar refractivity (Wildman–Crippen MR) is 72.3 cm³/mol. The van der Waals surface area contributed by atoms with Crippen LogP contribution in [-0.2, 0) is 29.2 Å².